The standard InChI is InChI=1S/C16H26N2O3S/c1-17(22(2,20)21)15-10-6-5-9-14(15)16(19)13-18-11-7-3-4-8-12-18/h5-6,9-10,16,19H,3-4,7-8,11-13H2,1-2H3. The molecule has 0 radical (unpaired) electrons. The van der Waals surface area contributed by atoms with Gasteiger partial charge >= 0.3 is 0 Å². The summed E-state index contributed by atoms with van der Waals surface area (Å²) in [6.07, 6.45) is 5.32. The van der Waals surface area contributed by atoms with Gasteiger partial charge in [-0.25, -0.2) is 8.42 Å². The molecule has 0 bridgehead atoms. The van der Waals surface area contributed by atoms with Gasteiger partial charge in [-0.3, -0.25) is 4.31 Å². The number of nitrogens with zero attached hydrogens (tertiary/aromatic N) is 2. The van der Waals surface area contributed by atoms with E-state index >= 15 is 0 Å². The number of hydrogen-bond acceptors (Lipinski definition) is 4. The molecule has 1 N–H and O–H groups in total. The van der Waals surface area contributed by atoms with Gasteiger partial charge in [-0.05, 0) is 32.0 Å². The van der Waals surface area contributed by atoms with Gasteiger partial charge < -0.3 is 10.0 Å². The van der Waals surface area contributed by atoms with Gasteiger partial charge in [0.25, 0.3) is 0 Å². The van der Waals surface area contributed by atoms with E-state index in [1.54, 1.807) is 18.2 Å². The van der Waals surface area contributed by atoms with E-state index in [4.69, 9.17) is 0 Å². The fourth-order valence-electron chi connectivity index (χ4n) is 2.90. The molecule has 0 aliphatic carbocycles. The number of β-amino-alcohol motifs (C(OH)–C–C–N with tert-alkyl or cyclic N) is 1. The van der Waals surface area contributed by atoms with E-state index in [1.807, 2.05) is 6.07 Å². The summed E-state index contributed by atoms with van der Waals surface area (Å²) in [5, 5.41) is 10.6. The van der Waals surface area contributed by atoms with Crippen LogP contribution in [0, 0.1) is 0 Å². The number of rotatable bonds is 5. The first-order valence-corrected chi connectivity index (χ1v) is 9.67. The third-order valence-electron chi connectivity index (χ3n) is 4.26. The normalized spacial score (nSPS) is 18.7. The van der Waals surface area contributed by atoms with Crippen LogP contribution in [0.25, 0.3) is 0 Å². The highest BCUT2D eigenvalue weighted by atomic mass is 32.2. The maximum atomic E-state index is 11.8. The lowest BCUT2D eigenvalue weighted by Gasteiger charge is -2.27. The van der Waals surface area contributed by atoms with E-state index in [2.05, 4.69) is 4.90 Å². The smallest absolute Gasteiger partial charge is 0.232 e. The highest BCUT2D eigenvalue weighted by Crippen LogP contribution is 2.28. The number of aliphatic hydroxyl groups excluding tert-OH is 1. The predicted octanol–water partition coefficient (Wildman–Crippen LogP) is 1.99. The van der Waals surface area contributed by atoms with E-state index in [9.17, 15) is 13.5 Å². The highest BCUT2D eigenvalue weighted by molar-refractivity contribution is 7.92. The zero-order valence-electron chi connectivity index (χ0n) is 13.4. The number of aliphatic hydroxyl groups is 1. The van der Waals surface area contributed by atoms with E-state index in [-0.39, 0.29) is 0 Å². The first-order chi connectivity index (χ1) is 10.4. The van der Waals surface area contributed by atoms with Crippen LogP contribution in [0.15, 0.2) is 24.3 Å². The number of para-hydroxylation sites is 1. The Hall–Kier alpha value is -1.11. The lowest BCUT2D eigenvalue weighted by molar-refractivity contribution is 0.115. The molecule has 2 rings (SSSR count). The molecule has 0 aromatic heterocycles. The van der Waals surface area contributed by atoms with Crippen molar-refractivity contribution in [2.24, 2.45) is 0 Å². The number of hydrogen-bond donors (Lipinski definition) is 1. The first-order valence-electron chi connectivity index (χ1n) is 7.83. The molecule has 1 fully saturated rings. The fourth-order valence-corrected chi connectivity index (χ4v) is 3.42. The van der Waals surface area contributed by atoms with Gasteiger partial charge in [-0.2, -0.15) is 0 Å². The SMILES string of the molecule is CN(c1ccccc1C(O)CN1CCCCCC1)S(C)(=O)=O. The summed E-state index contributed by atoms with van der Waals surface area (Å²) in [5.74, 6) is 0. The second-order valence-electron chi connectivity index (χ2n) is 6.02. The van der Waals surface area contributed by atoms with Gasteiger partial charge in [0.1, 0.15) is 0 Å². The Morgan fingerprint density at radius 2 is 1.77 bits per heavy atom. The molecule has 1 atom stereocenters. The second-order valence-corrected chi connectivity index (χ2v) is 8.03. The second kappa shape index (κ2) is 7.44. The van der Waals surface area contributed by atoms with Crippen LogP contribution in [0.4, 0.5) is 5.69 Å². The van der Waals surface area contributed by atoms with Crippen molar-refractivity contribution in [3.8, 4) is 0 Å². The van der Waals surface area contributed by atoms with Crippen molar-refractivity contribution in [3.05, 3.63) is 29.8 Å². The molecule has 1 saturated heterocycles. The van der Waals surface area contributed by atoms with Gasteiger partial charge in [0.05, 0.1) is 18.0 Å². The van der Waals surface area contributed by atoms with Gasteiger partial charge in [0.2, 0.25) is 10.0 Å². The topological polar surface area (TPSA) is 60.9 Å². The molecule has 1 aliphatic heterocycles. The van der Waals surface area contributed by atoms with Gasteiger partial charge in [0.15, 0.2) is 0 Å². The van der Waals surface area contributed by atoms with Crippen molar-refractivity contribution in [3.63, 3.8) is 0 Å². The maximum Gasteiger partial charge on any atom is 0.232 e. The van der Waals surface area contributed by atoms with Crippen molar-refractivity contribution in [2.75, 3.05) is 37.2 Å². The molecule has 124 valence electrons. The molecular weight excluding hydrogens is 300 g/mol. The highest BCUT2D eigenvalue weighted by Gasteiger charge is 2.21. The Morgan fingerprint density at radius 3 is 2.36 bits per heavy atom. The summed E-state index contributed by atoms with van der Waals surface area (Å²) in [4.78, 5) is 2.27. The predicted molar refractivity (Wildman–Crippen MR) is 89.6 cm³/mol. The molecule has 0 spiro atoms. The molecule has 0 amide bonds. The van der Waals surface area contributed by atoms with Crippen LogP contribution in [0.3, 0.4) is 0 Å². The summed E-state index contributed by atoms with van der Waals surface area (Å²) >= 11 is 0. The van der Waals surface area contributed by atoms with Gasteiger partial charge in [-0.15, -0.1) is 0 Å². The Labute approximate surface area is 133 Å². The zero-order chi connectivity index (χ0) is 16.2. The van der Waals surface area contributed by atoms with E-state index < -0.39 is 16.1 Å². The van der Waals surface area contributed by atoms with Crippen molar-refractivity contribution in [1.29, 1.82) is 0 Å². The minimum absolute atomic E-state index is 0.548. The molecule has 1 heterocycles. The minimum atomic E-state index is -3.34. The summed E-state index contributed by atoms with van der Waals surface area (Å²) in [5.41, 5.74) is 1.21. The Bertz CT molecular complexity index is 581. The molecule has 0 saturated carbocycles. The van der Waals surface area contributed by atoms with Gasteiger partial charge in [0, 0.05) is 19.2 Å². The van der Waals surface area contributed by atoms with E-state index in [0.29, 0.717) is 17.8 Å². The van der Waals surface area contributed by atoms with Crippen LogP contribution in [-0.2, 0) is 10.0 Å². The van der Waals surface area contributed by atoms with Crippen LogP contribution < -0.4 is 4.31 Å². The van der Waals surface area contributed by atoms with Crippen LogP contribution in [0.5, 0.6) is 0 Å². The number of benzene rings is 1. The molecule has 6 heteroatoms. The van der Waals surface area contributed by atoms with E-state index in [0.717, 1.165) is 25.9 Å². The van der Waals surface area contributed by atoms with E-state index in [1.165, 1.54) is 30.5 Å². The average Bonchev–Trinajstić information content (AvgIpc) is 2.74. The Balaban J connectivity index is 2.17. The number of anilines is 1. The fraction of sp³-hybridized carbons (Fsp3) is 0.625. The Kier molecular flexibility index (Phi) is 5.83. The molecule has 1 aliphatic rings. The summed E-state index contributed by atoms with van der Waals surface area (Å²) < 4.78 is 24.8. The van der Waals surface area contributed by atoms with Crippen molar-refractivity contribution in [2.45, 2.75) is 31.8 Å². The first kappa shape index (κ1) is 17.2. The van der Waals surface area contributed by atoms with Crippen LogP contribution in [-0.4, -0.2) is 51.4 Å². The minimum Gasteiger partial charge on any atom is -0.387 e. The van der Waals surface area contributed by atoms with Gasteiger partial charge in [-0.1, -0.05) is 31.0 Å². The largest absolute Gasteiger partial charge is 0.387 e. The molecular formula is C16H26N2O3S. The molecule has 22 heavy (non-hydrogen) atoms. The Morgan fingerprint density at radius 1 is 1.18 bits per heavy atom. The lowest BCUT2D eigenvalue weighted by atomic mass is 10.1. The zero-order valence-corrected chi connectivity index (χ0v) is 14.2. The van der Waals surface area contributed by atoms with Crippen LogP contribution in [0.1, 0.15) is 37.4 Å². The molecule has 5 nitrogen and oxygen atoms in total. The summed E-state index contributed by atoms with van der Waals surface area (Å²) in [6.45, 7) is 2.55. The number of likely N-dealkylation sites (tertiary alicyclic amines) is 1. The van der Waals surface area contributed by atoms with Crippen LogP contribution >= 0.6 is 0 Å². The average molecular weight is 326 g/mol. The lowest BCUT2D eigenvalue weighted by Crippen LogP contribution is -2.31. The summed E-state index contributed by atoms with van der Waals surface area (Å²) in [7, 11) is -1.82. The van der Waals surface area contributed by atoms with Crippen LogP contribution in [0.2, 0.25) is 0 Å². The monoisotopic (exact) mass is 326 g/mol. The molecule has 1 aromatic rings. The third-order valence-corrected chi connectivity index (χ3v) is 5.45. The van der Waals surface area contributed by atoms with Crippen molar-refractivity contribution >= 4 is 15.7 Å². The number of sulfonamides is 1. The van der Waals surface area contributed by atoms with Crippen molar-refractivity contribution in [1.82, 2.24) is 4.90 Å². The quantitative estimate of drug-likeness (QED) is 0.899. The molecule has 1 aromatic carbocycles. The molecule has 1 unspecified atom stereocenters. The van der Waals surface area contributed by atoms with Crippen molar-refractivity contribution < 1.29 is 13.5 Å². The summed E-state index contributed by atoms with van der Waals surface area (Å²) in [6, 6.07) is 7.17. The third kappa shape index (κ3) is 4.44. The maximum absolute atomic E-state index is 11.8.